The lowest BCUT2D eigenvalue weighted by Gasteiger charge is -2.54. The smallest absolute Gasteiger partial charge is 0.319 e. The first-order chi connectivity index (χ1) is 40.8. The number of aromatic hydroxyl groups is 1. The number of rotatable bonds is 17. The Kier molecular flexibility index (Phi) is 16.0. The number of amides is 3. The standard InChI is InChI=1S/C65H72ClF2N9O8/c1-5-45-50(67)17-14-39-24-42(79)25-47(54(39)45)56-55(68)57-48(27-69-56)59(76-28-40-15-16-41(29-76)70-40)74-62(73-57)85-36-65(22-23-65)35-75-33-64(34-75)20-18-44(19-21-64)84-32-53(81)72-58(63(2,3)4)61(83)77-30-43(80)26-52(77)60(82)71-51(31-78)38-12-10-37(11-13-38)46-8-6-7-9-49(46)66/h1,6-14,17,24-25,27,40-41,43-44,51-52,58,70,78-80H,15-16,18-23,26,28-36H2,2-4H3,(H,71,82)(H,72,81)/t40?,41?,43-,51+,52+,58-/m1/s1. The summed E-state index contributed by atoms with van der Waals surface area (Å²) in [7, 11) is 0. The molecule has 6 aliphatic rings. The number of pyridine rings is 1. The normalized spacial score (nSPS) is 22.5. The van der Waals surface area contributed by atoms with E-state index < -0.39 is 65.6 Å². The lowest BCUT2D eigenvalue weighted by atomic mass is 9.67. The Bertz CT molecular complexity index is 3580. The van der Waals surface area contributed by atoms with Gasteiger partial charge >= 0.3 is 6.01 Å². The maximum atomic E-state index is 17.2. The Balaban J connectivity index is 0.644. The highest BCUT2D eigenvalue weighted by atomic mass is 35.5. The molecule has 20 heteroatoms. The Hall–Kier alpha value is -7.05. The number of anilines is 1. The number of benzene rings is 4. The molecule has 6 N–H and O–H groups in total. The summed E-state index contributed by atoms with van der Waals surface area (Å²) in [5.74, 6) is -0.0948. The van der Waals surface area contributed by atoms with E-state index in [4.69, 9.17) is 37.5 Å². The molecule has 6 aromatic rings. The van der Waals surface area contributed by atoms with E-state index in [-0.39, 0.29) is 88.1 Å². The second kappa shape index (κ2) is 23.3. The number of nitrogens with one attached hydrogen (secondary N) is 3. The van der Waals surface area contributed by atoms with E-state index in [9.17, 15) is 29.7 Å². The van der Waals surface area contributed by atoms with Gasteiger partial charge in [0.25, 0.3) is 0 Å². The highest BCUT2D eigenvalue weighted by Gasteiger charge is 2.52. The van der Waals surface area contributed by atoms with E-state index in [1.165, 1.54) is 29.2 Å². The minimum atomic E-state index is -1.03. The fraction of sp³-hybridized carbons (Fsp3) is 0.477. The number of β-amino-alcohol motifs (C(OH)–C–C–N with tert-alkyl or cyclic N) is 1. The van der Waals surface area contributed by atoms with Gasteiger partial charge in [0, 0.05) is 90.9 Å². The Labute approximate surface area is 497 Å². The molecule has 6 fully saturated rings. The van der Waals surface area contributed by atoms with Crippen molar-refractivity contribution in [2.45, 2.75) is 121 Å². The quantitative estimate of drug-likeness (QED) is 0.0481. The van der Waals surface area contributed by atoms with Crippen LogP contribution in [0.3, 0.4) is 0 Å². The van der Waals surface area contributed by atoms with E-state index in [2.05, 4.69) is 36.7 Å². The Morgan fingerprint density at radius 1 is 0.929 bits per heavy atom. The monoisotopic (exact) mass is 1180 g/mol. The van der Waals surface area contributed by atoms with E-state index in [0.717, 1.165) is 82.1 Å². The highest BCUT2D eigenvalue weighted by molar-refractivity contribution is 6.33. The third-order valence-corrected chi connectivity index (χ3v) is 18.8. The van der Waals surface area contributed by atoms with Gasteiger partial charge in [-0.15, -0.1) is 6.42 Å². The van der Waals surface area contributed by atoms with Gasteiger partial charge in [0.2, 0.25) is 17.7 Å². The summed E-state index contributed by atoms with van der Waals surface area (Å²) in [4.78, 5) is 62.1. The van der Waals surface area contributed by atoms with Crippen molar-refractivity contribution < 1.29 is 48.0 Å². The van der Waals surface area contributed by atoms with Gasteiger partial charge in [-0.3, -0.25) is 19.4 Å². The first-order valence-corrected chi connectivity index (χ1v) is 30.0. The molecule has 2 saturated carbocycles. The van der Waals surface area contributed by atoms with E-state index >= 15 is 8.78 Å². The van der Waals surface area contributed by atoms with Crippen LogP contribution in [0.4, 0.5) is 14.6 Å². The summed E-state index contributed by atoms with van der Waals surface area (Å²) in [6.45, 7) is 9.15. The summed E-state index contributed by atoms with van der Waals surface area (Å²) >= 11 is 6.41. The van der Waals surface area contributed by atoms with Crippen LogP contribution in [0.15, 0.2) is 79.0 Å². The molecule has 4 saturated heterocycles. The zero-order valence-corrected chi connectivity index (χ0v) is 48.8. The molecule has 2 unspecified atom stereocenters. The van der Waals surface area contributed by atoms with Crippen LogP contribution in [0.25, 0.3) is 44.1 Å². The third kappa shape index (κ3) is 12.0. The number of aliphatic hydroxyl groups is 2. The maximum Gasteiger partial charge on any atom is 0.319 e. The number of hydrogen-bond donors (Lipinski definition) is 6. The zero-order valence-electron chi connectivity index (χ0n) is 48.1. The number of piperazine rings is 1. The van der Waals surface area contributed by atoms with Crippen LogP contribution in [-0.2, 0) is 19.1 Å². The van der Waals surface area contributed by atoms with Crippen molar-refractivity contribution in [3.05, 3.63) is 107 Å². The van der Waals surface area contributed by atoms with E-state index in [0.29, 0.717) is 46.9 Å². The number of fused-ring (bicyclic) bond motifs is 4. The number of hydrogen-bond acceptors (Lipinski definition) is 14. The lowest BCUT2D eigenvalue weighted by Crippen LogP contribution is -2.59. The number of phenolic OH excluding ortho intramolecular Hbond substituents is 1. The molecule has 6 atom stereocenters. The number of halogens is 3. The summed E-state index contributed by atoms with van der Waals surface area (Å²) in [6, 6.07) is 18.0. The predicted molar refractivity (Wildman–Crippen MR) is 319 cm³/mol. The minimum absolute atomic E-state index is 0.0000801. The average molecular weight is 1180 g/mol. The molecular formula is C65H72ClF2N9O8. The number of ether oxygens (including phenoxy) is 2. The zero-order chi connectivity index (χ0) is 59.5. The van der Waals surface area contributed by atoms with Crippen LogP contribution in [0.2, 0.25) is 5.02 Å². The van der Waals surface area contributed by atoms with Gasteiger partial charge in [-0.25, -0.2) is 8.78 Å². The lowest BCUT2D eigenvalue weighted by molar-refractivity contribution is -0.145. The van der Waals surface area contributed by atoms with Gasteiger partial charge in [-0.2, -0.15) is 9.97 Å². The van der Waals surface area contributed by atoms with E-state index in [1.807, 2.05) is 51.1 Å². The van der Waals surface area contributed by atoms with Crippen molar-refractivity contribution in [1.82, 2.24) is 40.7 Å². The van der Waals surface area contributed by atoms with Crippen LogP contribution >= 0.6 is 11.6 Å². The second-order valence-corrected chi connectivity index (χ2v) is 26.2. The summed E-state index contributed by atoms with van der Waals surface area (Å²) < 4.78 is 45.0. The number of nitrogens with zero attached hydrogens (tertiary/aromatic N) is 6. The third-order valence-electron chi connectivity index (χ3n) is 18.5. The average Bonchev–Trinajstić information content (AvgIpc) is 1.70. The molecule has 6 heterocycles. The number of carbonyl (C=O) groups excluding carboxylic acids is 3. The summed E-state index contributed by atoms with van der Waals surface area (Å²) in [6.07, 6.45) is 13.6. The van der Waals surface area contributed by atoms with Crippen molar-refractivity contribution >= 4 is 56.8 Å². The van der Waals surface area contributed by atoms with Gasteiger partial charge in [0.05, 0.1) is 42.4 Å². The van der Waals surface area contributed by atoms with Crippen LogP contribution in [0.1, 0.15) is 95.7 Å². The molecule has 4 aliphatic heterocycles. The fourth-order valence-corrected chi connectivity index (χ4v) is 14.0. The van der Waals surface area contributed by atoms with Gasteiger partial charge < -0.3 is 55.4 Å². The fourth-order valence-electron chi connectivity index (χ4n) is 13.8. The number of likely N-dealkylation sites (tertiary alicyclic amines) is 2. The van der Waals surface area contributed by atoms with Crippen molar-refractivity contribution in [3.63, 3.8) is 0 Å². The first kappa shape index (κ1) is 58.3. The van der Waals surface area contributed by atoms with Crippen LogP contribution < -0.4 is 25.6 Å². The number of aromatic nitrogens is 3. The second-order valence-electron chi connectivity index (χ2n) is 25.8. The van der Waals surface area contributed by atoms with E-state index in [1.54, 1.807) is 24.4 Å². The molecule has 2 aromatic heterocycles. The molecule has 0 radical (unpaired) electrons. The molecule has 446 valence electrons. The predicted octanol–water partition coefficient (Wildman–Crippen LogP) is 7.83. The van der Waals surface area contributed by atoms with Gasteiger partial charge in [-0.05, 0) is 103 Å². The maximum absolute atomic E-state index is 17.2. The first-order valence-electron chi connectivity index (χ1n) is 29.6. The number of phenols is 1. The van der Waals surface area contributed by atoms with Gasteiger partial charge in [-0.1, -0.05) is 86.8 Å². The molecule has 85 heavy (non-hydrogen) atoms. The molecule has 2 aliphatic carbocycles. The van der Waals surface area contributed by atoms with Gasteiger partial charge in [0.1, 0.15) is 47.3 Å². The molecular weight excluding hydrogens is 1110 g/mol. The highest BCUT2D eigenvalue weighted by Crippen LogP contribution is 2.51. The van der Waals surface area contributed by atoms with Crippen LogP contribution in [-0.4, -0.2) is 153 Å². The van der Waals surface area contributed by atoms with Crippen molar-refractivity contribution in [3.8, 4) is 46.5 Å². The SMILES string of the molecule is C#Cc1c(F)ccc2cc(O)cc(-c3ncc4c(N5CC6CCC(C5)N6)nc(OCC5(CN6CC7(CCC(OCC(=O)N[C@H](C(=O)N8C[C@H](O)C[C@H]8C(=O)N[C@@H](CO)c8ccc(-c9ccccc9Cl)cc8)C(C)(C)C)CC7)C6)CC5)nc4c3F)c12. The van der Waals surface area contributed by atoms with Gasteiger partial charge in [0.15, 0.2) is 5.82 Å². The minimum Gasteiger partial charge on any atom is -0.508 e. The van der Waals surface area contributed by atoms with Crippen LogP contribution in [0.5, 0.6) is 11.8 Å². The molecule has 17 nitrogen and oxygen atoms in total. The van der Waals surface area contributed by atoms with Crippen molar-refractivity contribution in [1.29, 1.82) is 0 Å². The topological polar surface area (TPSA) is 215 Å². The largest absolute Gasteiger partial charge is 0.508 e. The molecule has 1 spiro atoms. The summed E-state index contributed by atoms with van der Waals surface area (Å²) in [5, 5.41) is 43.1. The Morgan fingerprint density at radius 2 is 1.66 bits per heavy atom. The number of aliphatic hydroxyl groups excluding tert-OH is 2. The summed E-state index contributed by atoms with van der Waals surface area (Å²) in [5.41, 5.74) is 1.58. The molecule has 3 amide bonds. The van der Waals surface area contributed by atoms with Crippen LogP contribution in [0, 0.1) is 40.2 Å². The molecule has 12 rings (SSSR count). The Morgan fingerprint density at radius 3 is 2.34 bits per heavy atom. The number of carbonyl (C=O) groups is 3. The molecule has 4 aromatic carbocycles. The molecule has 2 bridgehead atoms. The number of terminal acetylenes is 1. The van der Waals surface area contributed by atoms with Crippen molar-refractivity contribution in [2.24, 2.45) is 16.2 Å². The van der Waals surface area contributed by atoms with Crippen molar-refractivity contribution in [2.75, 3.05) is 64.0 Å².